The second-order valence-corrected chi connectivity index (χ2v) is 3.02. The fourth-order valence-corrected chi connectivity index (χ4v) is 1.07. The highest BCUT2D eigenvalue weighted by Crippen LogP contribution is 2.05. The van der Waals surface area contributed by atoms with Crippen LogP contribution in [0.5, 0.6) is 0 Å². The van der Waals surface area contributed by atoms with Crippen molar-refractivity contribution in [2.75, 3.05) is 6.61 Å². The first-order valence-corrected chi connectivity index (χ1v) is 4.57. The van der Waals surface area contributed by atoms with Crippen molar-refractivity contribution in [1.29, 1.82) is 5.26 Å². The van der Waals surface area contributed by atoms with Crippen LogP contribution < -0.4 is 5.73 Å². The molecule has 0 unspecified atom stereocenters. The number of rotatable bonds is 5. The van der Waals surface area contributed by atoms with Gasteiger partial charge in [-0.2, -0.15) is 5.26 Å². The van der Waals surface area contributed by atoms with Gasteiger partial charge in [0, 0.05) is 5.56 Å². The third-order valence-corrected chi connectivity index (χ3v) is 1.87. The number of amides is 1. The molecular weight excluding hydrogens is 192 g/mol. The molecular formula is C11H12N2O2. The molecule has 0 atom stereocenters. The summed E-state index contributed by atoms with van der Waals surface area (Å²) in [5, 5.41) is 8.28. The molecule has 0 heterocycles. The number of ether oxygens (including phenoxy) is 1. The molecule has 0 radical (unpaired) electrons. The van der Waals surface area contributed by atoms with E-state index in [0.29, 0.717) is 25.2 Å². The van der Waals surface area contributed by atoms with Gasteiger partial charge in [0.1, 0.15) is 0 Å². The lowest BCUT2D eigenvalue weighted by atomic mass is 10.1. The van der Waals surface area contributed by atoms with Gasteiger partial charge in [0.05, 0.1) is 25.7 Å². The molecule has 0 aliphatic carbocycles. The van der Waals surface area contributed by atoms with Gasteiger partial charge in [-0.25, -0.2) is 0 Å². The van der Waals surface area contributed by atoms with Crippen LogP contribution in [0.15, 0.2) is 24.3 Å². The molecule has 0 saturated carbocycles. The lowest BCUT2D eigenvalue weighted by Crippen LogP contribution is -2.10. The standard InChI is InChI=1S/C11H12N2O2/c12-6-1-7-15-8-9-2-4-10(5-3-9)11(13)14/h2-5H,1,7-8H2,(H2,13,14). The molecule has 4 heteroatoms. The summed E-state index contributed by atoms with van der Waals surface area (Å²) >= 11 is 0. The van der Waals surface area contributed by atoms with Crippen LogP contribution in [0.3, 0.4) is 0 Å². The number of nitriles is 1. The van der Waals surface area contributed by atoms with Crippen molar-refractivity contribution < 1.29 is 9.53 Å². The zero-order valence-electron chi connectivity index (χ0n) is 8.27. The van der Waals surface area contributed by atoms with E-state index in [4.69, 9.17) is 15.7 Å². The van der Waals surface area contributed by atoms with E-state index in [0.717, 1.165) is 5.56 Å². The summed E-state index contributed by atoms with van der Waals surface area (Å²) in [6, 6.07) is 8.88. The average Bonchev–Trinajstić information content (AvgIpc) is 2.25. The summed E-state index contributed by atoms with van der Waals surface area (Å²) in [6.07, 6.45) is 0.388. The van der Waals surface area contributed by atoms with Crippen LogP contribution >= 0.6 is 0 Å². The first-order valence-electron chi connectivity index (χ1n) is 4.57. The summed E-state index contributed by atoms with van der Waals surface area (Å²) < 4.78 is 5.22. The van der Waals surface area contributed by atoms with E-state index in [-0.39, 0.29) is 0 Å². The van der Waals surface area contributed by atoms with Crippen LogP contribution in [-0.4, -0.2) is 12.5 Å². The fourth-order valence-electron chi connectivity index (χ4n) is 1.07. The second kappa shape index (κ2) is 5.78. The Morgan fingerprint density at radius 1 is 1.40 bits per heavy atom. The van der Waals surface area contributed by atoms with Crippen molar-refractivity contribution in [3.05, 3.63) is 35.4 Å². The van der Waals surface area contributed by atoms with Gasteiger partial charge in [0.15, 0.2) is 0 Å². The van der Waals surface area contributed by atoms with Crippen LogP contribution in [0.25, 0.3) is 0 Å². The fraction of sp³-hybridized carbons (Fsp3) is 0.273. The Hall–Kier alpha value is -1.86. The molecule has 15 heavy (non-hydrogen) atoms. The van der Waals surface area contributed by atoms with Gasteiger partial charge in [-0.15, -0.1) is 0 Å². The minimum absolute atomic E-state index is 0.388. The highest BCUT2D eigenvalue weighted by Gasteiger charge is 1.99. The lowest BCUT2D eigenvalue weighted by molar-refractivity contribution is 0.1000. The van der Waals surface area contributed by atoms with Gasteiger partial charge in [-0.1, -0.05) is 12.1 Å². The zero-order chi connectivity index (χ0) is 11.1. The molecule has 1 rings (SSSR count). The normalized spacial score (nSPS) is 9.53. The number of nitrogens with zero attached hydrogens (tertiary/aromatic N) is 1. The highest BCUT2D eigenvalue weighted by atomic mass is 16.5. The maximum Gasteiger partial charge on any atom is 0.248 e. The summed E-state index contributed by atoms with van der Waals surface area (Å²) in [5.74, 6) is -0.438. The van der Waals surface area contributed by atoms with E-state index < -0.39 is 5.91 Å². The summed E-state index contributed by atoms with van der Waals surface area (Å²) in [6.45, 7) is 0.870. The Balaban J connectivity index is 2.43. The van der Waals surface area contributed by atoms with Crippen LogP contribution in [0.2, 0.25) is 0 Å². The lowest BCUT2D eigenvalue weighted by Gasteiger charge is -2.02. The van der Waals surface area contributed by atoms with Crippen molar-refractivity contribution >= 4 is 5.91 Å². The van der Waals surface area contributed by atoms with E-state index >= 15 is 0 Å². The molecule has 1 aromatic rings. The number of benzene rings is 1. The molecule has 0 aromatic heterocycles. The van der Waals surface area contributed by atoms with Crippen LogP contribution in [-0.2, 0) is 11.3 Å². The summed E-state index contributed by atoms with van der Waals surface area (Å²) in [4.78, 5) is 10.8. The van der Waals surface area contributed by atoms with E-state index in [1.54, 1.807) is 24.3 Å². The molecule has 1 aromatic carbocycles. The minimum Gasteiger partial charge on any atom is -0.376 e. The van der Waals surface area contributed by atoms with Crippen LogP contribution in [0.4, 0.5) is 0 Å². The molecule has 1 amide bonds. The van der Waals surface area contributed by atoms with E-state index in [9.17, 15) is 4.79 Å². The van der Waals surface area contributed by atoms with Gasteiger partial charge in [0.25, 0.3) is 0 Å². The monoisotopic (exact) mass is 204 g/mol. The average molecular weight is 204 g/mol. The summed E-state index contributed by atoms with van der Waals surface area (Å²) in [7, 11) is 0. The van der Waals surface area contributed by atoms with Gasteiger partial charge >= 0.3 is 0 Å². The Morgan fingerprint density at radius 3 is 2.60 bits per heavy atom. The molecule has 0 bridgehead atoms. The van der Waals surface area contributed by atoms with Crippen molar-refractivity contribution in [3.8, 4) is 6.07 Å². The number of carbonyl (C=O) groups excluding carboxylic acids is 1. The molecule has 0 aliphatic rings. The number of primary amides is 1. The molecule has 78 valence electrons. The second-order valence-electron chi connectivity index (χ2n) is 3.02. The zero-order valence-corrected chi connectivity index (χ0v) is 8.27. The minimum atomic E-state index is -0.438. The van der Waals surface area contributed by atoms with Gasteiger partial charge < -0.3 is 10.5 Å². The molecule has 0 spiro atoms. The first kappa shape index (κ1) is 11.2. The number of nitrogens with two attached hydrogens (primary N) is 1. The van der Waals surface area contributed by atoms with Crippen LogP contribution in [0.1, 0.15) is 22.3 Å². The largest absolute Gasteiger partial charge is 0.376 e. The molecule has 0 fully saturated rings. The number of hydrogen-bond donors (Lipinski definition) is 1. The Morgan fingerprint density at radius 2 is 2.07 bits per heavy atom. The molecule has 4 nitrogen and oxygen atoms in total. The van der Waals surface area contributed by atoms with E-state index in [1.165, 1.54) is 0 Å². The highest BCUT2D eigenvalue weighted by molar-refractivity contribution is 5.92. The summed E-state index contributed by atoms with van der Waals surface area (Å²) in [5.41, 5.74) is 6.54. The van der Waals surface area contributed by atoms with Gasteiger partial charge in [-0.05, 0) is 17.7 Å². The first-order chi connectivity index (χ1) is 7.24. The van der Waals surface area contributed by atoms with Crippen LogP contribution in [0, 0.1) is 11.3 Å². The Bertz CT molecular complexity index is 365. The topological polar surface area (TPSA) is 76.1 Å². The maximum atomic E-state index is 10.8. The number of hydrogen-bond acceptors (Lipinski definition) is 3. The predicted octanol–water partition coefficient (Wildman–Crippen LogP) is 1.22. The quantitative estimate of drug-likeness (QED) is 0.732. The molecule has 0 aliphatic heterocycles. The SMILES string of the molecule is N#CCCOCc1ccc(C(N)=O)cc1. The maximum absolute atomic E-state index is 10.8. The van der Waals surface area contributed by atoms with Crippen molar-refractivity contribution in [2.24, 2.45) is 5.73 Å². The third-order valence-electron chi connectivity index (χ3n) is 1.87. The molecule has 2 N–H and O–H groups in total. The Kier molecular flexibility index (Phi) is 4.32. The van der Waals surface area contributed by atoms with Crippen molar-refractivity contribution in [3.63, 3.8) is 0 Å². The Labute approximate surface area is 88.3 Å². The molecule has 0 saturated heterocycles. The third kappa shape index (κ3) is 3.79. The van der Waals surface area contributed by atoms with E-state index in [1.807, 2.05) is 6.07 Å². The van der Waals surface area contributed by atoms with Crippen molar-refractivity contribution in [1.82, 2.24) is 0 Å². The smallest absolute Gasteiger partial charge is 0.248 e. The van der Waals surface area contributed by atoms with E-state index in [2.05, 4.69) is 0 Å². The van der Waals surface area contributed by atoms with Gasteiger partial charge in [-0.3, -0.25) is 4.79 Å². The predicted molar refractivity (Wildman–Crippen MR) is 54.8 cm³/mol. The van der Waals surface area contributed by atoms with Gasteiger partial charge in [0.2, 0.25) is 5.91 Å². The number of carbonyl (C=O) groups is 1. The van der Waals surface area contributed by atoms with Crippen molar-refractivity contribution in [2.45, 2.75) is 13.0 Å².